The second-order valence-corrected chi connectivity index (χ2v) is 6.22. The van der Waals surface area contributed by atoms with Crippen molar-refractivity contribution in [1.82, 2.24) is 0 Å². The molecule has 4 nitrogen and oxygen atoms in total. The van der Waals surface area contributed by atoms with E-state index in [1.165, 1.54) is 0 Å². The van der Waals surface area contributed by atoms with Crippen LogP contribution in [0.15, 0.2) is 47.5 Å². The van der Waals surface area contributed by atoms with E-state index in [4.69, 9.17) is 14.2 Å². The van der Waals surface area contributed by atoms with Crippen molar-refractivity contribution in [3.8, 4) is 17.2 Å². The standard InChI is InChI=1S/C18H19NO3S/c1-20-15-7-8-17(18(9-15)21-2)19-10-13-3-5-14(6-4-13)22-16-11-23-12-16/h3-10,16H,11-12H2,1-2H3. The van der Waals surface area contributed by atoms with Gasteiger partial charge in [0.25, 0.3) is 0 Å². The number of aliphatic imine (C=N–C) groups is 1. The van der Waals surface area contributed by atoms with Crippen LogP contribution in [0.1, 0.15) is 5.56 Å². The molecule has 0 radical (unpaired) electrons. The number of thioether (sulfide) groups is 1. The largest absolute Gasteiger partial charge is 0.497 e. The van der Waals surface area contributed by atoms with Gasteiger partial charge in [-0.3, -0.25) is 4.99 Å². The Labute approximate surface area is 140 Å². The molecule has 0 amide bonds. The summed E-state index contributed by atoms with van der Waals surface area (Å²) >= 11 is 1.91. The van der Waals surface area contributed by atoms with Crippen LogP contribution in [-0.2, 0) is 0 Å². The van der Waals surface area contributed by atoms with Crippen molar-refractivity contribution < 1.29 is 14.2 Å². The predicted octanol–water partition coefficient (Wildman–Crippen LogP) is 3.95. The number of ether oxygens (including phenoxy) is 3. The van der Waals surface area contributed by atoms with E-state index in [1.807, 2.05) is 60.4 Å². The highest BCUT2D eigenvalue weighted by molar-refractivity contribution is 8.00. The minimum atomic E-state index is 0.364. The summed E-state index contributed by atoms with van der Waals surface area (Å²) in [6, 6.07) is 13.5. The van der Waals surface area contributed by atoms with Gasteiger partial charge < -0.3 is 14.2 Å². The lowest BCUT2D eigenvalue weighted by Gasteiger charge is -2.25. The van der Waals surface area contributed by atoms with Gasteiger partial charge in [-0.2, -0.15) is 11.8 Å². The van der Waals surface area contributed by atoms with E-state index in [0.29, 0.717) is 11.9 Å². The minimum Gasteiger partial charge on any atom is -0.497 e. The molecule has 1 aliphatic rings. The molecule has 0 atom stereocenters. The molecule has 0 saturated carbocycles. The molecule has 3 rings (SSSR count). The molecule has 23 heavy (non-hydrogen) atoms. The fourth-order valence-corrected chi connectivity index (χ4v) is 2.71. The first-order chi connectivity index (χ1) is 11.3. The maximum Gasteiger partial charge on any atom is 0.148 e. The van der Waals surface area contributed by atoms with E-state index in [-0.39, 0.29) is 0 Å². The summed E-state index contributed by atoms with van der Waals surface area (Å²) in [4.78, 5) is 4.49. The van der Waals surface area contributed by atoms with Gasteiger partial charge in [0.05, 0.1) is 14.2 Å². The van der Waals surface area contributed by atoms with Crippen LogP contribution in [0.5, 0.6) is 17.2 Å². The van der Waals surface area contributed by atoms with Crippen LogP contribution in [0.2, 0.25) is 0 Å². The molecule has 2 aromatic rings. The van der Waals surface area contributed by atoms with Crippen molar-refractivity contribution in [3.05, 3.63) is 48.0 Å². The summed E-state index contributed by atoms with van der Waals surface area (Å²) < 4.78 is 16.4. The smallest absolute Gasteiger partial charge is 0.148 e. The highest BCUT2D eigenvalue weighted by Gasteiger charge is 2.19. The Balaban J connectivity index is 1.69. The molecule has 2 aromatic carbocycles. The van der Waals surface area contributed by atoms with Gasteiger partial charge in [-0.1, -0.05) is 0 Å². The zero-order valence-corrected chi connectivity index (χ0v) is 14.0. The van der Waals surface area contributed by atoms with Crippen LogP contribution in [-0.4, -0.2) is 38.0 Å². The fraction of sp³-hybridized carbons (Fsp3) is 0.278. The van der Waals surface area contributed by atoms with Gasteiger partial charge in [-0.25, -0.2) is 0 Å². The van der Waals surface area contributed by atoms with Crippen molar-refractivity contribution in [1.29, 1.82) is 0 Å². The number of nitrogens with zero attached hydrogens (tertiary/aromatic N) is 1. The SMILES string of the molecule is COc1ccc(N=Cc2ccc(OC3CSC3)cc2)c(OC)c1. The molecule has 1 saturated heterocycles. The van der Waals surface area contributed by atoms with Crippen molar-refractivity contribution in [2.24, 2.45) is 4.99 Å². The molecule has 0 spiro atoms. The van der Waals surface area contributed by atoms with Gasteiger partial charge in [0.15, 0.2) is 0 Å². The lowest BCUT2D eigenvalue weighted by atomic mass is 10.2. The number of hydrogen-bond acceptors (Lipinski definition) is 5. The van der Waals surface area contributed by atoms with E-state index in [0.717, 1.165) is 34.3 Å². The van der Waals surface area contributed by atoms with Crippen LogP contribution < -0.4 is 14.2 Å². The molecule has 0 aromatic heterocycles. The number of benzene rings is 2. The molecule has 0 aliphatic carbocycles. The summed E-state index contributed by atoms with van der Waals surface area (Å²) in [5.74, 6) is 4.51. The third kappa shape index (κ3) is 3.99. The van der Waals surface area contributed by atoms with E-state index in [9.17, 15) is 0 Å². The van der Waals surface area contributed by atoms with Gasteiger partial charge in [0.2, 0.25) is 0 Å². The van der Waals surface area contributed by atoms with Crippen LogP contribution in [0.3, 0.4) is 0 Å². The van der Waals surface area contributed by atoms with E-state index >= 15 is 0 Å². The average Bonchev–Trinajstić information content (AvgIpc) is 2.57. The predicted molar refractivity (Wildman–Crippen MR) is 95.0 cm³/mol. The minimum absolute atomic E-state index is 0.364. The number of rotatable bonds is 6. The van der Waals surface area contributed by atoms with E-state index in [1.54, 1.807) is 14.2 Å². The summed E-state index contributed by atoms with van der Waals surface area (Å²) in [5, 5.41) is 0. The Bertz CT molecular complexity index is 681. The molecular weight excluding hydrogens is 310 g/mol. The van der Waals surface area contributed by atoms with Crippen LogP contribution >= 0.6 is 11.8 Å². The topological polar surface area (TPSA) is 40.0 Å². The van der Waals surface area contributed by atoms with Crippen molar-refractivity contribution >= 4 is 23.7 Å². The third-order valence-electron chi connectivity index (χ3n) is 3.53. The molecule has 0 N–H and O–H groups in total. The first-order valence-corrected chi connectivity index (χ1v) is 8.54. The van der Waals surface area contributed by atoms with E-state index in [2.05, 4.69) is 4.99 Å². The normalized spacial score (nSPS) is 14.5. The molecule has 1 heterocycles. The van der Waals surface area contributed by atoms with Gasteiger partial charge in [-0.05, 0) is 42.0 Å². The van der Waals surface area contributed by atoms with Gasteiger partial charge in [0, 0.05) is 23.8 Å². The number of hydrogen-bond donors (Lipinski definition) is 0. The molecule has 0 unspecified atom stereocenters. The Morgan fingerprint density at radius 1 is 1.00 bits per heavy atom. The second-order valence-electron chi connectivity index (χ2n) is 5.14. The summed E-state index contributed by atoms with van der Waals surface area (Å²) in [5.41, 5.74) is 1.78. The Hall–Kier alpha value is -2.14. The number of methoxy groups -OCH3 is 2. The van der Waals surface area contributed by atoms with Crippen LogP contribution in [0.4, 0.5) is 5.69 Å². The molecule has 0 bridgehead atoms. The van der Waals surface area contributed by atoms with Gasteiger partial charge >= 0.3 is 0 Å². The maximum absolute atomic E-state index is 5.83. The highest BCUT2D eigenvalue weighted by atomic mass is 32.2. The quantitative estimate of drug-likeness (QED) is 0.753. The van der Waals surface area contributed by atoms with Crippen LogP contribution in [0.25, 0.3) is 0 Å². The second kappa shape index (κ2) is 7.42. The van der Waals surface area contributed by atoms with Gasteiger partial charge in [-0.15, -0.1) is 0 Å². The average molecular weight is 329 g/mol. The molecule has 120 valence electrons. The summed E-state index contributed by atoms with van der Waals surface area (Å²) in [6.07, 6.45) is 2.18. The Morgan fingerprint density at radius 2 is 1.74 bits per heavy atom. The zero-order chi connectivity index (χ0) is 16.1. The first kappa shape index (κ1) is 15.7. The Kier molecular flexibility index (Phi) is 5.08. The molecular formula is C18H19NO3S. The lowest BCUT2D eigenvalue weighted by Crippen LogP contribution is -2.30. The van der Waals surface area contributed by atoms with Crippen molar-refractivity contribution in [2.75, 3.05) is 25.7 Å². The summed E-state index contributed by atoms with van der Waals surface area (Å²) in [7, 11) is 3.25. The third-order valence-corrected chi connectivity index (χ3v) is 4.74. The molecule has 5 heteroatoms. The van der Waals surface area contributed by atoms with Gasteiger partial charge in [0.1, 0.15) is 29.0 Å². The van der Waals surface area contributed by atoms with E-state index < -0.39 is 0 Å². The molecule has 1 fully saturated rings. The molecule has 1 aliphatic heterocycles. The monoisotopic (exact) mass is 329 g/mol. The maximum atomic E-state index is 5.83. The fourth-order valence-electron chi connectivity index (χ4n) is 2.14. The van der Waals surface area contributed by atoms with Crippen molar-refractivity contribution in [3.63, 3.8) is 0 Å². The summed E-state index contributed by atoms with van der Waals surface area (Å²) in [6.45, 7) is 0. The Morgan fingerprint density at radius 3 is 2.35 bits per heavy atom. The van der Waals surface area contributed by atoms with Crippen molar-refractivity contribution in [2.45, 2.75) is 6.10 Å². The zero-order valence-electron chi connectivity index (χ0n) is 13.2. The highest BCUT2D eigenvalue weighted by Crippen LogP contribution is 2.31. The lowest BCUT2D eigenvalue weighted by molar-refractivity contribution is 0.240. The first-order valence-electron chi connectivity index (χ1n) is 7.39. The van der Waals surface area contributed by atoms with Crippen LogP contribution in [0, 0.1) is 0 Å².